The SMILES string of the molecule is COc1ccc(CCC(N)=O)cc1S(C)(=O)=O. The quantitative estimate of drug-likeness (QED) is 0.833. The molecule has 2 N–H and O–H groups in total. The molecule has 0 radical (unpaired) electrons. The van der Waals surface area contributed by atoms with Gasteiger partial charge in [0.1, 0.15) is 10.6 Å². The number of amides is 1. The van der Waals surface area contributed by atoms with Crippen LogP contribution in [-0.2, 0) is 21.1 Å². The molecule has 0 atom stereocenters. The number of nitrogens with two attached hydrogens (primary N) is 1. The molecule has 0 aliphatic rings. The molecule has 0 heterocycles. The zero-order valence-corrected chi connectivity index (χ0v) is 10.6. The number of methoxy groups -OCH3 is 1. The highest BCUT2D eigenvalue weighted by atomic mass is 32.2. The lowest BCUT2D eigenvalue weighted by Gasteiger charge is -2.08. The van der Waals surface area contributed by atoms with E-state index in [4.69, 9.17) is 10.5 Å². The second-order valence-corrected chi connectivity index (χ2v) is 5.71. The van der Waals surface area contributed by atoms with Gasteiger partial charge >= 0.3 is 0 Å². The van der Waals surface area contributed by atoms with Crippen LogP contribution in [0.3, 0.4) is 0 Å². The smallest absolute Gasteiger partial charge is 0.217 e. The van der Waals surface area contributed by atoms with Crippen molar-refractivity contribution in [2.45, 2.75) is 17.7 Å². The molecule has 0 bridgehead atoms. The van der Waals surface area contributed by atoms with Crippen LogP contribution >= 0.6 is 0 Å². The third-order valence-electron chi connectivity index (χ3n) is 2.29. The number of ether oxygens (including phenoxy) is 1. The minimum Gasteiger partial charge on any atom is -0.495 e. The Hall–Kier alpha value is -1.56. The Labute approximate surface area is 100 Å². The van der Waals surface area contributed by atoms with Gasteiger partial charge in [0.15, 0.2) is 9.84 Å². The molecule has 17 heavy (non-hydrogen) atoms. The van der Waals surface area contributed by atoms with Gasteiger partial charge in [0.25, 0.3) is 0 Å². The van der Waals surface area contributed by atoms with Crippen LogP contribution in [0.1, 0.15) is 12.0 Å². The summed E-state index contributed by atoms with van der Waals surface area (Å²) in [5, 5.41) is 0. The van der Waals surface area contributed by atoms with E-state index in [2.05, 4.69) is 0 Å². The molecule has 0 unspecified atom stereocenters. The van der Waals surface area contributed by atoms with Gasteiger partial charge in [-0.25, -0.2) is 8.42 Å². The first-order valence-electron chi connectivity index (χ1n) is 5.00. The molecule has 5 nitrogen and oxygen atoms in total. The van der Waals surface area contributed by atoms with Crippen LogP contribution in [0.4, 0.5) is 0 Å². The second-order valence-electron chi connectivity index (χ2n) is 3.72. The average molecular weight is 257 g/mol. The van der Waals surface area contributed by atoms with Gasteiger partial charge in [-0.05, 0) is 24.1 Å². The minimum atomic E-state index is -3.35. The number of rotatable bonds is 5. The first-order chi connectivity index (χ1) is 7.84. The Morgan fingerprint density at radius 1 is 1.41 bits per heavy atom. The largest absolute Gasteiger partial charge is 0.495 e. The van der Waals surface area contributed by atoms with E-state index in [0.29, 0.717) is 12.2 Å². The van der Waals surface area contributed by atoms with Crippen molar-refractivity contribution in [3.8, 4) is 5.75 Å². The minimum absolute atomic E-state index is 0.127. The van der Waals surface area contributed by atoms with E-state index in [0.717, 1.165) is 11.8 Å². The molecule has 1 aromatic carbocycles. The summed E-state index contributed by atoms with van der Waals surface area (Å²) in [6, 6.07) is 4.81. The first-order valence-corrected chi connectivity index (χ1v) is 6.89. The normalized spacial score (nSPS) is 11.2. The van der Waals surface area contributed by atoms with Crippen molar-refractivity contribution in [1.29, 1.82) is 0 Å². The maximum Gasteiger partial charge on any atom is 0.217 e. The number of carbonyl (C=O) groups excluding carboxylic acids is 1. The molecule has 0 aromatic heterocycles. The van der Waals surface area contributed by atoms with Crippen LogP contribution < -0.4 is 10.5 Å². The summed E-state index contributed by atoms with van der Waals surface area (Å²) in [6.07, 6.45) is 1.72. The number of benzene rings is 1. The van der Waals surface area contributed by atoms with Gasteiger partial charge < -0.3 is 10.5 Å². The molecule has 94 valence electrons. The van der Waals surface area contributed by atoms with Crippen molar-refractivity contribution < 1.29 is 17.9 Å². The summed E-state index contributed by atoms with van der Waals surface area (Å²) in [4.78, 5) is 10.8. The van der Waals surface area contributed by atoms with Crippen LogP contribution in [0.15, 0.2) is 23.1 Å². The predicted molar refractivity (Wildman–Crippen MR) is 63.6 cm³/mol. The molecule has 0 saturated heterocycles. The van der Waals surface area contributed by atoms with E-state index >= 15 is 0 Å². The van der Waals surface area contributed by atoms with Crippen LogP contribution in [0.5, 0.6) is 5.75 Å². The monoisotopic (exact) mass is 257 g/mol. The standard InChI is InChI=1S/C11H15NO4S/c1-16-9-5-3-8(4-6-11(12)13)7-10(9)17(2,14)15/h3,5,7H,4,6H2,1-2H3,(H2,12,13). The molecular weight excluding hydrogens is 242 g/mol. The maximum absolute atomic E-state index is 11.5. The summed E-state index contributed by atoms with van der Waals surface area (Å²) in [5.74, 6) is -0.114. The van der Waals surface area contributed by atoms with Crippen molar-refractivity contribution in [2.24, 2.45) is 5.73 Å². The van der Waals surface area contributed by atoms with E-state index < -0.39 is 15.7 Å². The molecule has 1 rings (SSSR count). The Morgan fingerprint density at radius 2 is 2.06 bits per heavy atom. The fourth-order valence-corrected chi connectivity index (χ4v) is 2.32. The lowest BCUT2D eigenvalue weighted by atomic mass is 10.1. The number of carbonyl (C=O) groups is 1. The molecule has 6 heteroatoms. The summed E-state index contributed by atoms with van der Waals surface area (Å²) < 4.78 is 28.0. The van der Waals surface area contributed by atoms with Crippen molar-refractivity contribution >= 4 is 15.7 Å². The van der Waals surface area contributed by atoms with E-state index in [1.54, 1.807) is 12.1 Å². The molecule has 1 amide bonds. The Morgan fingerprint density at radius 3 is 2.53 bits per heavy atom. The van der Waals surface area contributed by atoms with Gasteiger partial charge in [-0.1, -0.05) is 6.07 Å². The number of sulfone groups is 1. The van der Waals surface area contributed by atoms with Crippen molar-refractivity contribution in [3.05, 3.63) is 23.8 Å². The fourth-order valence-electron chi connectivity index (χ4n) is 1.43. The number of aryl methyl sites for hydroxylation is 1. The van der Waals surface area contributed by atoms with Gasteiger partial charge in [-0.3, -0.25) is 4.79 Å². The van der Waals surface area contributed by atoms with Crippen LogP contribution in [0.25, 0.3) is 0 Å². The summed E-state index contributed by atoms with van der Waals surface area (Å²) in [5.41, 5.74) is 5.78. The van der Waals surface area contributed by atoms with Crippen LogP contribution in [0.2, 0.25) is 0 Å². The van der Waals surface area contributed by atoms with E-state index in [-0.39, 0.29) is 11.3 Å². The highest BCUT2D eigenvalue weighted by molar-refractivity contribution is 7.90. The molecule has 0 saturated carbocycles. The summed E-state index contributed by atoms with van der Waals surface area (Å²) >= 11 is 0. The van der Waals surface area contributed by atoms with Crippen LogP contribution in [0, 0.1) is 0 Å². The highest BCUT2D eigenvalue weighted by Gasteiger charge is 2.14. The van der Waals surface area contributed by atoms with Crippen molar-refractivity contribution in [3.63, 3.8) is 0 Å². The lowest BCUT2D eigenvalue weighted by molar-refractivity contribution is -0.117. The summed E-state index contributed by atoms with van der Waals surface area (Å²) in [7, 11) is -1.94. The maximum atomic E-state index is 11.5. The van der Waals surface area contributed by atoms with E-state index in [9.17, 15) is 13.2 Å². The van der Waals surface area contributed by atoms with Gasteiger partial charge in [-0.15, -0.1) is 0 Å². The second kappa shape index (κ2) is 5.18. The lowest BCUT2D eigenvalue weighted by Crippen LogP contribution is -2.11. The first kappa shape index (κ1) is 13.5. The van der Waals surface area contributed by atoms with Gasteiger partial charge in [-0.2, -0.15) is 0 Å². The van der Waals surface area contributed by atoms with Crippen LogP contribution in [-0.4, -0.2) is 27.7 Å². The topological polar surface area (TPSA) is 86.5 Å². The molecule has 0 spiro atoms. The average Bonchev–Trinajstić information content (AvgIpc) is 2.24. The summed E-state index contributed by atoms with van der Waals surface area (Å²) in [6.45, 7) is 0. The molecule has 1 aromatic rings. The molecular formula is C11H15NO4S. The van der Waals surface area contributed by atoms with Gasteiger partial charge in [0, 0.05) is 12.7 Å². The fraction of sp³-hybridized carbons (Fsp3) is 0.364. The van der Waals surface area contributed by atoms with Gasteiger partial charge in [0.2, 0.25) is 5.91 Å². The third-order valence-corrected chi connectivity index (χ3v) is 3.41. The van der Waals surface area contributed by atoms with Crippen molar-refractivity contribution in [1.82, 2.24) is 0 Å². The molecule has 0 aliphatic carbocycles. The Bertz CT molecular complexity index is 522. The number of hydrogen-bond acceptors (Lipinski definition) is 4. The van der Waals surface area contributed by atoms with E-state index in [1.165, 1.54) is 13.2 Å². The third kappa shape index (κ3) is 3.74. The van der Waals surface area contributed by atoms with E-state index in [1.807, 2.05) is 0 Å². The number of hydrogen-bond donors (Lipinski definition) is 1. The van der Waals surface area contributed by atoms with Crippen molar-refractivity contribution in [2.75, 3.05) is 13.4 Å². The number of primary amides is 1. The highest BCUT2D eigenvalue weighted by Crippen LogP contribution is 2.25. The molecule has 0 aliphatic heterocycles. The zero-order chi connectivity index (χ0) is 13.1. The van der Waals surface area contributed by atoms with Gasteiger partial charge in [0.05, 0.1) is 7.11 Å². The Kier molecular flexibility index (Phi) is 4.11. The predicted octanol–water partition coefficient (Wildman–Crippen LogP) is 0.517. The zero-order valence-electron chi connectivity index (χ0n) is 9.76. The molecule has 0 fully saturated rings. The Balaban J connectivity index is 3.10.